The van der Waals surface area contributed by atoms with Gasteiger partial charge in [0, 0.05) is 13.1 Å². The van der Waals surface area contributed by atoms with Crippen LogP contribution in [0.5, 0.6) is 0 Å². The quantitative estimate of drug-likeness (QED) is 0.738. The Hall–Kier alpha value is -1.91. The first kappa shape index (κ1) is 14.0. The number of nitrogens with zero attached hydrogens (tertiary/aromatic N) is 1. The molecule has 1 fully saturated rings. The second kappa shape index (κ2) is 4.29. The van der Waals surface area contributed by atoms with Crippen LogP contribution in [0, 0.1) is 11.2 Å². The third kappa shape index (κ3) is 2.20. The average Bonchev–Trinajstić information content (AvgIpc) is 2.59. The molecule has 112 valence electrons. The fourth-order valence-corrected chi connectivity index (χ4v) is 3.08. The molecule has 1 aliphatic carbocycles. The zero-order valence-corrected chi connectivity index (χ0v) is 12.4. The van der Waals surface area contributed by atoms with Gasteiger partial charge in [-0.05, 0) is 38.8 Å². The van der Waals surface area contributed by atoms with Gasteiger partial charge in [-0.25, -0.2) is 9.18 Å². The van der Waals surface area contributed by atoms with Crippen molar-refractivity contribution in [2.45, 2.75) is 32.8 Å². The van der Waals surface area contributed by atoms with Gasteiger partial charge in [-0.3, -0.25) is 4.79 Å². The Kier molecular flexibility index (Phi) is 2.87. The predicted molar refractivity (Wildman–Crippen MR) is 74.7 cm³/mol. The molecule has 0 N–H and O–H groups in total. The topological polar surface area (TPSA) is 46.6 Å². The highest BCUT2D eigenvalue weighted by molar-refractivity contribution is 6.06. The maximum atomic E-state index is 13.8. The minimum Gasteiger partial charge on any atom is -0.444 e. The van der Waals surface area contributed by atoms with Crippen LogP contribution in [-0.4, -0.2) is 35.5 Å². The summed E-state index contributed by atoms with van der Waals surface area (Å²) in [6.07, 6.45) is 0.0791. The molecule has 0 atom stereocenters. The lowest BCUT2D eigenvalue weighted by Gasteiger charge is -2.46. The summed E-state index contributed by atoms with van der Waals surface area (Å²) in [5.74, 6) is -0.652. The van der Waals surface area contributed by atoms with E-state index in [2.05, 4.69) is 0 Å². The van der Waals surface area contributed by atoms with Gasteiger partial charge in [0.25, 0.3) is 0 Å². The van der Waals surface area contributed by atoms with Gasteiger partial charge in [-0.1, -0.05) is 12.1 Å². The number of hydrogen-bond donors (Lipinski definition) is 0. The molecule has 1 spiro atoms. The molecule has 5 heteroatoms. The molecule has 3 rings (SSSR count). The van der Waals surface area contributed by atoms with E-state index >= 15 is 0 Å². The van der Waals surface area contributed by atoms with E-state index in [1.807, 2.05) is 0 Å². The Morgan fingerprint density at radius 3 is 2.57 bits per heavy atom. The van der Waals surface area contributed by atoms with Crippen LogP contribution in [0.1, 0.15) is 36.7 Å². The number of amides is 1. The monoisotopic (exact) mass is 291 g/mol. The minimum absolute atomic E-state index is 0.185. The number of Topliss-reactive ketones (excluding diaryl/α,β-unsaturated/α-hetero) is 1. The van der Waals surface area contributed by atoms with Crippen LogP contribution in [0.15, 0.2) is 18.2 Å². The summed E-state index contributed by atoms with van der Waals surface area (Å²) in [4.78, 5) is 25.9. The molecular weight excluding hydrogens is 273 g/mol. The van der Waals surface area contributed by atoms with Crippen LogP contribution < -0.4 is 0 Å². The van der Waals surface area contributed by atoms with Gasteiger partial charge >= 0.3 is 6.09 Å². The molecule has 0 aromatic heterocycles. The number of carbonyl (C=O) groups is 2. The minimum atomic E-state index is -0.651. The van der Waals surface area contributed by atoms with E-state index in [-0.39, 0.29) is 11.3 Å². The van der Waals surface area contributed by atoms with Gasteiger partial charge in [0.05, 0.1) is 11.0 Å². The maximum Gasteiger partial charge on any atom is 0.410 e. The Bertz CT molecular complexity index is 627. The SMILES string of the molecule is CC(C)(C)OC(=O)N1CC2(Cc3cccc(F)c3C2=O)C1. The van der Waals surface area contributed by atoms with Crippen molar-refractivity contribution < 1.29 is 18.7 Å². The molecule has 1 heterocycles. The van der Waals surface area contributed by atoms with Crippen molar-refractivity contribution >= 4 is 11.9 Å². The van der Waals surface area contributed by atoms with Crippen molar-refractivity contribution in [1.82, 2.24) is 4.90 Å². The molecule has 1 amide bonds. The molecule has 0 unspecified atom stereocenters. The zero-order valence-electron chi connectivity index (χ0n) is 12.4. The van der Waals surface area contributed by atoms with Crippen LogP contribution in [0.2, 0.25) is 0 Å². The summed E-state index contributed by atoms with van der Waals surface area (Å²) < 4.78 is 19.1. The van der Waals surface area contributed by atoms with E-state index in [4.69, 9.17) is 4.74 Å². The van der Waals surface area contributed by atoms with Gasteiger partial charge < -0.3 is 9.64 Å². The molecule has 1 saturated heterocycles. The first-order valence-corrected chi connectivity index (χ1v) is 7.02. The second-order valence-corrected chi connectivity index (χ2v) is 6.90. The molecule has 2 aliphatic rings. The third-order valence-corrected chi connectivity index (χ3v) is 3.98. The van der Waals surface area contributed by atoms with Gasteiger partial charge in [0.2, 0.25) is 0 Å². The lowest BCUT2D eigenvalue weighted by atomic mass is 9.76. The standard InChI is InChI=1S/C16H18FNO3/c1-15(2,3)21-14(20)18-8-16(9-18)7-10-5-4-6-11(17)12(10)13(16)19/h4-6H,7-9H2,1-3H3. The number of carbonyl (C=O) groups excluding carboxylic acids is 2. The molecule has 1 aliphatic heterocycles. The van der Waals surface area contributed by atoms with Crippen molar-refractivity contribution in [3.05, 3.63) is 35.1 Å². The Morgan fingerprint density at radius 1 is 1.33 bits per heavy atom. The number of ketones is 1. The van der Waals surface area contributed by atoms with E-state index in [9.17, 15) is 14.0 Å². The van der Waals surface area contributed by atoms with Crippen LogP contribution in [0.25, 0.3) is 0 Å². The molecular formula is C16H18FNO3. The smallest absolute Gasteiger partial charge is 0.410 e. The predicted octanol–water partition coefficient (Wildman–Crippen LogP) is 2.80. The van der Waals surface area contributed by atoms with E-state index in [1.54, 1.807) is 32.9 Å². The first-order chi connectivity index (χ1) is 9.72. The highest BCUT2D eigenvalue weighted by Crippen LogP contribution is 2.44. The van der Waals surface area contributed by atoms with Crippen LogP contribution in [0.3, 0.4) is 0 Å². The average molecular weight is 291 g/mol. The van der Waals surface area contributed by atoms with Gasteiger partial charge in [0.1, 0.15) is 11.4 Å². The normalized spacial score (nSPS) is 19.4. The van der Waals surface area contributed by atoms with Crippen molar-refractivity contribution in [3.63, 3.8) is 0 Å². The van der Waals surface area contributed by atoms with Crippen molar-refractivity contribution in [2.75, 3.05) is 13.1 Å². The number of fused-ring (bicyclic) bond motifs is 1. The number of rotatable bonds is 0. The maximum absolute atomic E-state index is 13.8. The highest BCUT2D eigenvalue weighted by Gasteiger charge is 2.56. The first-order valence-electron chi connectivity index (χ1n) is 7.02. The van der Waals surface area contributed by atoms with Crippen molar-refractivity contribution in [2.24, 2.45) is 5.41 Å². The Balaban J connectivity index is 1.73. The Morgan fingerprint density at radius 2 is 2.00 bits per heavy atom. The number of ether oxygens (including phenoxy) is 1. The Labute approximate surface area is 122 Å². The molecule has 1 aromatic rings. The summed E-state index contributed by atoms with van der Waals surface area (Å²) >= 11 is 0. The fraction of sp³-hybridized carbons (Fsp3) is 0.500. The molecule has 0 bridgehead atoms. The van der Waals surface area contributed by atoms with Crippen LogP contribution >= 0.6 is 0 Å². The molecule has 0 radical (unpaired) electrons. The van der Waals surface area contributed by atoms with E-state index in [0.717, 1.165) is 5.56 Å². The molecule has 0 saturated carbocycles. The van der Waals surface area contributed by atoms with Gasteiger partial charge in [-0.15, -0.1) is 0 Å². The van der Waals surface area contributed by atoms with E-state index in [0.29, 0.717) is 19.5 Å². The van der Waals surface area contributed by atoms with E-state index in [1.165, 1.54) is 11.0 Å². The lowest BCUT2D eigenvalue weighted by Crippen LogP contribution is -2.62. The number of halogens is 1. The summed E-state index contributed by atoms with van der Waals surface area (Å²) in [5.41, 5.74) is -0.277. The van der Waals surface area contributed by atoms with Crippen LogP contribution in [0.4, 0.5) is 9.18 Å². The fourth-order valence-electron chi connectivity index (χ4n) is 3.08. The van der Waals surface area contributed by atoms with Gasteiger partial charge in [0.15, 0.2) is 5.78 Å². The summed E-state index contributed by atoms with van der Waals surface area (Å²) in [6.45, 7) is 5.99. The van der Waals surface area contributed by atoms with Crippen LogP contribution in [-0.2, 0) is 11.2 Å². The summed E-state index contributed by atoms with van der Waals surface area (Å²) in [7, 11) is 0. The van der Waals surface area contributed by atoms with Crippen molar-refractivity contribution in [3.8, 4) is 0 Å². The number of benzene rings is 1. The highest BCUT2D eigenvalue weighted by atomic mass is 19.1. The molecule has 21 heavy (non-hydrogen) atoms. The lowest BCUT2D eigenvalue weighted by molar-refractivity contribution is -0.0225. The summed E-state index contributed by atoms with van der Waals surface area (Å²) in [5, 5.41) is 0. The van der Waals surface area contributed by atoms with Crippen molar-refractivity contribution in [1.29, 1.82) is 0 Å². The zero-order chi connectivity index (χ0) is 15.4. The van der Waals surface area contributed by atoms with E-state index < -0.39 is 22.9 Å². The summed E-state index contributed by atoms with van der Waals surface area (Å²) in [6, 6.07) is 4.70. The third-order valence-electron chi connectivity index (χ3n) is 3.98. The molecule has 1 aromatic carbocycles. The second-order valence-electron chi connectivity index (χ2n) is 6.90. The largest absolute Gasteiger partial charge is 0.444 e. The molecule has 4 nitrogen and oxygen atoms in total. The number of hydrogen-bond acceptors (Lipinski definition) is 3. The number of likely N-dealkylation sites (tertiary alicyclic amines) is 1. The van der Waals surface area contributed by atoms with Gasteiger partial charge in [-0.2, -0.15) is 0 Å².